The van der Waals surface area contributed by atoms with Gasteiger partial charge in [0.25, 0.3) is 0 Å². The fourth-order valence-corrected chi connectivity index (χ4v) is 4.39. The molecule has 1 N–H and O–H groups in total. The minimum absolute atomic E-state index is 0.0740. The van der Waals surface area contributed by atoms with Crippen molar-refractivity contribution in [1.29, 1.82) is 0 Å². The lowest BCUT2D eigenvalue weighted by molar-refractivity contribution is -0.132. The first-order valence-corrected chi connectivity index (χ1v) is 11.3. The third-order valence-corrected chi connectivity index (χ3v) is 6.33. The smallest absolute Gasteiger partial charge is 0.321 e. The summed E-state index contributed by atoms with van der Waals surface area (Å²) < 4.78 is 0. The predicted octanol–water partition coefficient (Wildman–Crippen LogP) is 5.02. The van der Waals surface area contributed by atoms with Crippen LogP contribution >= 0.6 is 0 Å². The Bertz CT molecular complexity index is 687. The number of rotatable bonds is 3. The van der Waals surface area contributed by atoms with E-state index in [4.69, 9.17) is 0 Å². The number of hydrogen-bond acceptors (Lipinski definition) is 2. The lowest BCUT2D eigenvalue weighted by Crippen LogP contribution is -2.39. The lowest BCUT2D eigenvalue weighted by atomic mass is 9.86. The first kappa shape index (κ1) is 21.7. The number of carbonyl (C=O) groups excluding carboxylic acids is 2. The Hall–Kier alpha value is -2.04. The van der Waals surface area contributed by atoms with E-state index in [1.807, 2.05) is 21.9 Å². The molecule has 160 valence electrons. The van der Waals surface area contributed by atoms with Crippen molar-refractivity contribution in [3.05, 3.63) is 29.8 Å². The second kappa shape index (κ2) is 9.64. The number of amides is 3. The van der Waals surface area contributed by atoms with Crippen molar-refractivity contribution in [3.8, 4) is 0 Å². The Balaban J connectivity index is 1.49. The summed E-state index contributed by atoms with van der Waals surface area (Å²) in [5, 5.41) is 3.01. The molecule has 0 atom stereocenters. The highest BCUT2D eigenvalue weighted by Crippen LogP contribution is 2.27. The second-order valence-electron chi connectivity index (χ2n) is 9.69. The molecule has 3 rings (SSSR count). The molecule has 0 aromatic heterocycles. The summed E-state index contributed by atoms with van der Waals surface area (Å²) >= 11 is 0. The molecule has 2 aliphatic rings. The van der Waals surface area contributed by atoms with E-state index in [-0.39, 0.29) is 17.4 Å². The Kier molecular flexibility index (Phi) is 7.20. The largest absolute Gasteiger partial charge is 0.341 e. The van der Waals surface area contributed by atoms with Gasteiger partial charge in [-0.05, 0) is 48.3 Å². The molecule has 1 aromatic rings. The molecule has 0 spiro atoms. The van der Waals surface area contributed by atoms with E-state index in [9.17, 15) is 9.59 Å². The van der Waals surface area contributed by atoms with Crippen molar-refractivity contribution in [2.24, 2.45) is 5.92 Å². The molecule has 1 saturated heterocycles. The summed E-state index contributed by atoms with van der Waals surface area (Å²) in [5.41, 5.74) is 2.16. The van der Waals surface area contributed by atoms with Gasteiger partial charge in [-0.3, -0.25) is 4.79 Å². The summed E-state index contributed by atoms with van der Waals surface area (Å²) in [6, 6.07) is 8.01. The van der Waals surface area contributed by atoms with Crippen molar-refractivity contribution in [2.75, 3.05) is 31.5 Å². The zero-order valence-corrected chi connectivity index (χ0v) is 18.4. The van der Waals surface area contributed by atoms with Gasteiger partial charge in [0.05, 0.1) is 0 Å². The molecule has 0 bridgehead atoms. The Morgan fingerprint density at radius 1 is 0.897 bits per heavy atom. The molecule has 5 nitrogen and oxygen atoms in total. The average Bonchev–Trinajstić information content (AvgIpc) is 2.95. The molecule has 29 heavy (non-hydrogen) atoms. The van der Waals surface area contributed by atoms with Crippen LogP contribution in [0.5, 0.6) is 0 Å². The predicted molar refractivity (Wildman–Crippen MR) is 118 cm³/mol. The zero-order valence-electron chi connectivity index (χ0n) is 18.4. The van der Waals surface area contributed by atoms with Gasteiger partial charge in [-0.2, -0.15) is 0 Å². The SMILES string of the molecule is CC(C)(C)c1ccc(NC(=O)N2CCCN(C(=O)CC3CCCCC3)CC2)cc1. The lowest BCUT2D eigenvalue weighted by Gasteiger charge is -2.26. The average molecular weight is 400 g/mol. The van der Waals surface area contributed by atoms with Crippen LogP contribution in [0, 0.1) is 5.92 Å². The van der Waals surface area contributed by atoms with Crippen LogP contribution < -0.4 is 5.32 Å². The van der Waals surface area contributed by atoms with E-state index in [2.05, 4.69) is 38.2 Å². The Morgan fingerprint density at radius 3 is 2.17 bits per heavy atom. The van der Waals surface area contributed by atoms with E-state index in [0.717, 1.165) is 18.7 Å². The van der Waals surface area contributed by atoms with Crippen LogP contribution in [0.3, 0.4) is 0 Å². The molecule has 1 saturated carbocycles. The Labute approximate surface area is 175 Å². The molecule has 0 unspecified atom stereocenters. The van der Waals surface area contributed by atoms with Crippen molar-refractivity contribution in [2.45, 2.75) is 71.1 Å². The topological polar surface area (TPSA) is 52.7 Å². The monoisotopic (exact) mass is 399 g/mol. The van der Waals surface area contributed by atoms with Gasteiger partial charge >= 0.3 is 6.03 Å². The van der Waals surface area contributed by atoms with Gasteiger partial charge in [-0.15, -0.1) is 0 Å². The van der Waals surface area contributed by atoms with Crippen LogP contribution in [0.4, 0.5) is 10.5 Å². The third-order valence-electron chi connectivity index (χ3n) is 6.33. The second-order valence-corrected chi connectivity index (χ2v) is 9.69. The van der Waals surface area contributed by atoms with Crippen molar-refractivity contribution in [3.63, 3.8) is 0 Å². The summed E-state index contributed by atoms with van der Waals surface area (Å²) in [4.78, 5) is 29.2. The molecule has 1 aromatic carbocycles. The minimum atomic E-state index is -0.0740. The molecule has 0 radical (unpaired) electrons. The van der Waals surface area contributed by atoms with Crippen LogP contribution in [0.1, 0.15) is 71.3 Å². The number of nitrogens with one attached hydrogen (secondary N) is 1. The number of hydrogen-bond donors (Lipinski definition) is 1. The fourth-order valence-electron chi connectivity index (χ4n) is 4.39. The summed E-state index contributed by atoms with van der Waals surface area (Å²) in [6.07, 6.45) is 7.77. The minimum Gasteiger partial charge on any atom is -0.341 e. The normalized spacial score (nSPS) is 19.0. The van der Waals surface area contributed by atoms with Gasteiger partial charge in [0, 0.05) is 38.3 Å². The highest BCUT2D eigenvalue weighted by Gasteiger charge is 2.25. The third kappa shape index (κ3) is 6.22. The number of anilines is 1. The van der Waals surface area contributed by atoms with Gasteiger partial charge in [0.2, 0.25) is 5.91 Å². The van der Waals surface area contributed by atoms with E-state index >= 15 is 0 Å². The van der Waals surface area contributed by atoms with Crippen LogP contribution in [0.15, 0.2) is 24.3 Å². The molecule has 2 fully saturated rings. The van der Waals surface area contributed by atoms with Gasteiger partial charge in [0.15, 0.2) is 0 Å². The first-order valence-electron chi connectivity index (χ1n) is 11.3. The standard InChI is InChI=1S/C24H37N3O2/c1-24(2,3)20-10-12-21(13-11-20)25-23(29)27-15-7-14-26(16-17-27)22(28)18-19-8-5-4-6-9-19/h10-13,19H,4-9,14-18H2,1-3H3,(H,25,29). The molecule has 1 heterocycles. The van der Waals surface area contributed by atoms with Gasteiger partial charge in [0.1, 0.15) is 0 Å². The van der Waals surface area contributed by atoms with Crippen LogP contribution in [0.25, 0.3) is 0 Å². The van der Waals surface area contributed by atoms with E-state index < -0.39 is 0 Å². The van der Waals surface area contributed by atoms with E-state index in [1.165, 1.54) is 37.7 Å². The summed E-state index contributed by atoms with van der Waals surface area (Å²) in [7, 11) is 0. The van der Waals surface area contributed by atoms with E-state index in [1.54, 1.807) is 0 Å². The van der Waals surface area contributed by atoms with Crippen LogP contribution in [-0.2, 0) is 10.2 Å². The Morgan fingerprint density at radius 2 is 1.52 bits per heavy atom. The number of nitrogens with zero attached hydrogens (tertiary/aromatic N) is 2. The zero-order chi connectivity index (χ0) is 20.9. The van der Waals surface area contributed by atoms with Crippen molar-refractivity contribution < 1.29 is 9.59 Å². The molecule has 3 amide bonds. The highest BCUT2D eigenvalue weighted by molar-refractivity contribution is 5.89. The maximum atomic E-state index is 12.7. The summed E-state index contributed by atoms with van der Waals surface area (Å²) in [5.74, 6) is 0.840. The number of carbonyl (C=O) groups is 2. The van der Waals surface area contributed by atoms with E-state index in [0.29, 0.717) is 32.0 Å². The highest BCUT2D eigenvalue weighted by atomic mass is 16.2. The van der Waals surface area contributed by atoms with Gasteiger partial charge in [-0.25, -0.2) is 4.79 Å². The van der Waals surface area contributed by atoms with Gasteiger partial charge < -0.3 is 15.1 Å². The maximum Gasteiger partial charge on any atom is 0.321 e. The number of urea groups is 1. The number of benzene rings is 1. The van der Waals surface area contributed by atoms with Crippen LogP contribution in [-0.4, -0.2) is 47.9 Å². The molecule has 5 heteroatoms. The molecular weight excluding hydrogens is 362 g/mol. The quantitative estimate of drug-likeness (QED) is 0.776. The molecule has 1 aliphatic heterocycles. The molecule has 1 aliphatic carbocycles. The first-order chi connectivity index (χ1) is 13.8. The van der Waals surface area contributed by atoms with Gasteiger partial charge in [-0.1, -0.05) is 52.2 Å². The molecular formula is C24H37N3O2. The fraction of sp³-hybridized carbons (Fsp3) is 0.667. The van der Waals surface area contributed by atoms with Crippen LogP contribution in [0.2, 0.25) is 0 Å². The summed E-state index contributed by atoms with van der Waals surface area (Å²) in [6.45, 7) is 9.23. The van der Waals surface area contributed by atoms with Crippen molar-refractivity contribution in [1.82, 2.24) is 9.80 Å². The maximum absolute atomic E-state index is 12.7. The van der Waals surface area contributed by atoms with Crippen molar-refractivity contribution >= 4 is 17.6 Å².